The third kappa shape index (κ3) is 2.41. The van der Waals surface area contributed by atoms with E-state index < -0.39 is 0 Å². The van der Waals surface area contributed by atoms with Gasteiger partial charge in [0.25, 0.3) is 0 Å². The Morgan fingerprint density at radius 3 is 2.28 bits per heavy atom. The summed E-state index contributed by atoms with van der Waals surface area (Å²) >= 11 is 0. The molecule has 7 unspecified atom stereocenters. The monoisotopic (exact) mass is 350 g/mol. The molecule has 4 fully saturated rings. The molecule has 144 valence electrons. The van der Waals surface area contributed by atoms with Crippen molar-refractivity contribution in [3.05, 3.63) is 0 Å². The van der Waals surface area contributed by atoms with Gasteiger partial charge in [-0.15, -0.1) is 0 Å². The molecular formula is C22H38O3. The molecule has 0 aromatic heterocycles. The Kier molecular flexibility index (Phi) is 4.34. The molecule has 4 aliphatic carbocycles. The molecule has 0 saturated heterocycles. The van der Waals surface area contributed by atoms with Gasteiger partial charge in [-0.25, -0.2) is 0 Å². The summed E-state index contributed by atoms with van der Waals surface area (Å²) < 4.78 is 0. The molecule has 0 spiro atoms. The number of aliphatic hydroxyl groups excluding tert-OH is 3. The first kappa shape index (κ1) is 18.3. The summed E-state index contributed by atoms with van der Waals surface area (Å²) in [5.41, 5.74) is 0.148. The molecule has 3 nitrogen and oxygen atoms in total. The van der Waals surface area contributed by atoms with E-state index in [0.29, 0.717) is 35.5 Å². The third-order valence-corrected chi connectivity index (χ3v) is 9.64. The lowest BCUT2D eigenvalue weighted by Gasteiger charge is -2.63. The van der Waals surface area contributed by atoms with Crippen LogP contribution in [0.1, 0.15) is 72.6 Å². The van der Waals surface area contributed by atoms with E-state index in [4.69, 9.17) is 0 Å². The highest BCUT2D eigenvalue weighted by molar-refractivity contribution is 5.14. The van der Waals surface area contributed by atoms with Crippen LogP contribution >= 0.6 is 0 Å². The molecule has 0 aromatic rings. The van der Waals surface area contributed by atoms with Crippen LogP contribution in [0.25, 0.3) is 0 Å². The van der Waals surface area contributed by atoms with E-state index in [1.165, 1.54) is 6.42 Å². The van der Waals surface area contributed by atoms with Gasteiger partial charge in [0.1, 0.15) is 0 Å². The largest absolute Gasteiger partial charge is 0.393 e. The molecule has 25 heavy (non-hydrogen) atoms. The van der Waals surface area contributed by atoms with Gasteiger partial charge in [-0.05, 0) is 91.3 Å². The number of rotatable bonds is 1. The average Bonchev–Trinajstić information content (AvgIpc) is 2.89. The predicted octanol–water partition coefficient (Wildman–Crippen LogP) is 3.60. The standard InChI is InChI=1S/C22H38O3/c1-12(2)15-5-6-16-20-17(11-19(25)22(15,16)4)21(3)8-7-14(23)9-13(21)10-18(20)24/h12-20,23-25H,5-11H2,1-4H3/t13?,14-,15?,16?,17?,18-,19+,20?,21?,22?/m1/s1. The Bertz CT molecular complexity index is 519. The minimum atomic E-state index is -0.254. The zero-order valence-electron chi connectivity index (χ0n) is 16.5. The molecule has 4 rings (SSSR count). The zero-order valence-corrected chi connectivity index (χ0v) is 16.5. The summed E-state index contributed by atoms with van der Waals surface area (Å²) in [6, 6.07) is 0. The van der Waals surface area contributed by atoms with Crippen molar-refractivity contribution in [2.24, 2.45) is 46.3 Å². The SMILES string of the molecule is CC(C)C1CCC2C3C(C[C@H](O)C12C)C1(C)CC[C@@H](O)CC1C[C@H]3O. The lowest BCUT2D eigenvalue weighted by atomic mass is 9.43. The van der Waals surface area contributed by atoms with Crippen LogP contribution in [-0.4, -0.2) is 33.6 Å². The molecule has 4 aliphatic rings. The van der Waals surface area contributed by atoms with Gasteiger partial charge >= 0.3 is 0 Å². The molecule has 10 atom stereocenters. The Hall–Kier alpha value is -0.120. The van der Waals surface area contributed by atoms with E-state index in [0.717, 1.165) is 38.5 Å². The van der Waals surface area contributed by atoms with E-state index in [1.807, 2.05) is 0 Å². The highest BCUT2D eigenvalue weighted by atomic mass is 16.3. The van der Waals surface area contributed by atoms with Crippen molar-refractivity contribution in [2.45, 2.75) is 91.0 Å². The van der Waals surface area contributed by atoms with Gasteiger partial charge < -0.3 is 15.3 Å². The van der Waals surface area contributed by atoms with Crippen LogP contribution in [0, 0.1) is 46.3 Å². The van der Waals surface area contributed by atoms with Crippen LogP contribution < -0.4 is 0 Å². The van der Waals surface area contributed by atoms with Crippen molar-refractivity contribution in [2.75, 3.05) is 0 Å². The third-order valence-electron chi connectivity index (χ3n) is 9.64. The maximum absolute atomic E-state index is 11.3. The highest BCUT2D eigenvalue weighted by Crippen LogP contribution is 2.68. The molecule has 0 aromatic carbocycles. The van der Waals surface area contributed by atoms with Gasteiger partial charge in [0.15, 0.2) is 0 Å². The first-order valence-corrected chi connectivity index (χ1v) is 10.7. The second-order valence-corrected chi connectivity index (χ2v) is 10.8. The lowest BCUT2D eigenvalue weighted by Crippen LogP contribution is -2.62. The molecular weight excluding hydrogens is 312 g/mol. The fourth-order valence-corrected chi connectivity index (χ4v) is 8.29. The van der Waals surface area contributed by atoms with Crippen molar-refractivity contribution >= 4 is 0 Å². The van der Waals surface area contributed by atoms with Crippen LogP contribution in [0.3, 0.4) is 0 Å². The van der Waals surface area contributed by atoms with Gasteiger partial charge in [-0.1, -0.05) is 27.7 Å². The lowest BCUT2D eigenvalue weighted by molar-refractivity contribution is -0.206. The fraction of sp³-hybridized carbons (Fsp3) is 1.00. The van der Waals surface area contributed by atoms with E-state index in [1.54, 1.807) is 0 Å². The fourth-order valence-electron chi connectivity index (χ4n) is 8.29. The van der Waals surface area contributed by atoms with Gasteiger partial charge in [0.2, 0.25) is 0 Å². The molecule has 0 heterocycles. The van der Waals surface area contributed by atoms with Crippen LogP contribution in [-0.2, 0) is 0 Å². The summed E-state index contributed by atoms with van der Waals surface area (Å²) in [4.78, 5) is 0. The normalized spacial score (nSPS) is 58.6. The van der Waals surface area contributed by atoms with E-state index in [9.17, 15) is 15.3 Å². The van der Waals surface area contributed by atoms with Crippen LogP contribution in [0.15, 0.2) is 0 Å². The quantitative estimate of drug-likeness (QED) is 0.677. The van der Waals surface area contributed by atoms with Crippen LogP contribution in [0.4, 0.5) is 0 Å². The summed E-state index contributed by atoms with van der Waals surface area (Å²) in [5, 5.41) is 32.6. The van der Waals surface area contributed by atoms with E-state index in [-0.39, 0.29) is 29.1 Å². The summed E-state index contributed by atoms with van der Waals surface area (Å²) in [7, 11) is 0. The predicted molar refractivity (Wildman–Crippen MR) is 98.8 cm³/mol. The first-order chi connectivity index (χ1) is 11.7. The van der Waals surface area contributed by atoms with E-state index in [2.05, 4.69) is 27.7 Å². The summed E-state index contributed by atoms with van der Waals surface area (Å²) in [6.45, 7) is 9.32. The Labute approximate surface area is 153 Å². The summed E-state index contributed by atoms with van der Waals surface area (Å²) in [5.74, 6) is 2.77. The van der Waals surface area contributed by atoms with Crippen LogP contribution in [0.5, 0.6) is 0 Å². The van der Waals surface area contributed by atoms with Gasteiger partial charge in [-0.3, -0.25) is 0 Å². The number of hydrogen-bond donors (Lipinski definition) is 3. The zero-order chi connectivity index (χ0) is 18.1. The maximum atomic E-state index is 11.3. The number of fused-ring (bicyclic) bond motifs is 5. The van der Waals surface area contributed by atoms with Gasteiger partial charge in [0, 0.05) is 0 Å². The van der Waals surface area contributed by atoms with Crippen molar-refractivity contribution in [3.63, 3.8) is 0 Å². The molecule has 4 saturated carbocycles. The Morgan fingerprint density at radius 2 is 1.60 bits per heavy atom. The molecule has 0 aliphatic heterocycles. The van der Waals surface area contributed by atoms with Crippen molar-refractivity contribution < 1.29 is 15.3 Å². The highest BCUT2D eigenvalue weighted by Gasteiger charge is 2.65. The Morgan fingerprint density at radius 1 is 0.880 bits per heavy atom. The van der Waals surface area contributed by atoms with E-state index >= 15 is 0 Å². The minimum absolute atomic E-state index is 0.0340. The average molecular weight is 351 g/mol. The molecule has 0 radical (unpaired) electrons. The topological polar surface area (TPSA) is 60.7 Å². The smallest absolute Gasteiger partial charge is 0.0602 e. The molecule has 0 amide bonds. The number of hydrogen-bond acceptors (Lipinski definition) is 3. The molecule has 3 N–H and O–H groups in total. The Balaban J connectivity index is 1.70. The van der Waals surface area contributed by atoms with Crippen molar-refractivity contribution in [1.82, 2.24) is 0 Å². The van der Waals surface area contributed by atoms with Gasteiger partial charge in [0.05, 0.1) is 18.3 Å². The van der Waals surface area contributed by atoms with Crippen molar-refractivity contribution in [1.29, 1.82) is 0 Å². The van der Waals surface area contributed by atoms with Crippen molar-refractivity contribution in [3.8, 4) is 0 Å². The second kappa shape index (κ2) is 5.94. The first-order valence-electron chi connectivity index (χ1n) is 10.7. The van der Waals surface area contributed by atoms with Gasteiger partial charge in [-0.2, -0.15) is 0 Å². The molecule has 0 bridgehead atoms. The van der Waals surface area contributed by atoms with Crippen LogP contribution in [0.2, 0.25) is 0 Å². The molecule has 3 heteroatoms. The minimum Gasteiger partial charge on any atom is -0.393 e. The number of aliphatic hydroxyl groups is 3. The second-order valence-electron chi connectivity index (χ2n) is 10.8. The maximum Gasteiger partial charge on any atom is 0.0602 e. The summed E-state index contributed by atoms with van der Waals surface area (Å²) in [6.07, 6.45) is 6.14.